The lowest BCUT2D eigenvalue weighted by atomic mass is 9.96. The van der Waals surface area contributed by atoms with Gasteiger partial charge in [0.05, 0.1) is 18.1 Å². The third kappa shape index (κ3) is 3.87. The van der Waals surface area contributed by atoms with Crippen molar-refractivity contribution in [3.05, 3.63) is 65.7 Å². The number of carbonyl (C=O) groups excluding carboxylic acids is 2. The average molecular weight is 379 g/mol. The molecule has 4 rings (SSSR count). The number of anilines is 1. The van der Waals surface area contributed by atoms with Gasteiger partial charge in [-0.1, -0.05) is 42.5 Å². The molecule has 1 aliphatic heterocycles. The van der Waals surface area contributed by atoms with Crippen LogP contribution in [0.3, 0.4) is 0 Å². The molecule has 1 unspecified atom stereocenters. The van der Waals surface area contributed by atoms with Gasteiger partial charge in [0, 0.05) is 25.2 Å². The molecule has 6 heteroatoms. The van der Waals surface area contributed by atoms with Crippen LogP contribution in [0.25, 0.3) is 0 Å². The molecule has 1 aliphatic carbocycles. The third-order valence-electron chi connectivity index (χ3n) is 5.61. The first kappa shape index (κ1) is 18.5. The molecule has 6 nitrogen and oxygen atoms in total. The molecule has 2 aliphatic rings. The molecule has 0 radical (unpaired) electrons. The van der Waals surface area contributed by atoms with Crippen molar-refractivity contribution in [3.63, 3.8) is 0 Å². The van der Waals surface area contributed by atoms with Crippen molar-refractivity contribution in [1.82, 2.24) is 10.2 Å². The lowest BCUT2D eigenvalue weighted by molar-refractivity contribution is -0.127. The van der Waals surface area contributed by atoms with E-state index < -0.39 is 6.10 Å². The molecule has 0 spiro atoms. The van der Waals surface area contributed by atoms with E-state index in [1.165, 1.54) is 0 Å². The Kier molecular flexibility index (Phi) is 5.30. The number of piperidine rings is 1. The lowest BCUT2D eigenvalue weighted by Gasteiger charge is -2.33. The van der Waals surface area contributed by atoms with Crippen LogP contribution in [0.2, 0.25) is 0 Å². The van der Waals surface area contributed by atoms with E-state index in [9.17, 15) is 14.7 Å². The predicted octanol–water partition coefficient (Wildman–Crippen LogP) is 2.71. The second-order valence-corrected chi connectivity index (χ2v) is 7.54. The highest BCUT2D eigenvalue weighted by molar-refractivity contribution is 5.90. The molecule has 3 amide bonds. The highest BCUT2D eigenvalue weighted by atomic mass is 16.3. The van der Waals surface area contributed by atoms with E-state index in [4.69, 9.17) is 0 Å². The van der Waals surface area contributed by atoms with Crippen LogP contribution in [0.5, 0.6) is 0 Å². The van der Waals surface area contributed by atoms with Crippen LogP contribution in [0.15, 0.2) is 54.6 Å². The van der Waals surface area contributed by atoms with Gasteiger partial charge in [0.15, 0.2) is 0 Å². The highest BCUT2D eigenvalue weighted by Gasteiger charge is 2.35. The van der Waals surface area contributed by atoms with Gasteiger partial charge in [-0.2, -0.15) is 0 Å². The first-order valence-corrected chi connectivity index (χ1v) is 9.79. The van der Waals surface area contributed by atoms with E-state index in [0.29, 0.717) is 19.5 Å². The highest BCUT2D eigenvalue weighted by Crippen LogP contribution is 2.32. The van der Waals surface area contributed by atoms with Crippen LogP contribution < -0.4 is 10.6 Å². The molecule has 3 N–H and O–H groups in total. The van der Waals surface area contributed by atoms with Crippen molar-refractivity contribution in [2.45, 2.75) is 31.4 Å². The van der Waals surface area contributed by atoms with Gasteiger partial charge in [0.25, 0.3) is 0 Å². The summed E-state index contributed by atoms with van der Waals surface area (Å²) in [6.07, 6.45) is 1.47. The molecular weight excluding hydrogens is 354 g/mol. The maximum absolute atomic E-state index is 12.9. The average Bonchev–Trinajstić information content (AvgIpc) is 3.04. The largest absolute Gasteiger partial charge is 0.390 e. The Morgan fingerprint density at radius 2 is 1.79 bits per heavy atom. The monoisotopic (exact) mass is 379 g/mol. The first-order valence-electron chi connectivity index (χ1n) is 9.79. The number of nitrogens with one attached hydrogen (secondary N) is 2. The van der Waals surface area contributed by atoms with Gasteiger partial charge in [-0.15, -0.1) is 0 Å². The summed E-state index contributed by atoms with van der Waals surface area (Å²) in [4.78, 5) is 27.1. The molecule has 1 heterocycles. The zero-order valence-corrected chi connectivity index (χ0v) is 15.7. The fourth-order valence-corrected chi connectivity index (χ4v) is 4.12. The fourth-order valence-electron chi connectivity index (χ4n) is 4.12. The van der Waals surface area contributed by atoms with Crippen molar-refractivity contribution in [2.24, 2.45) is 5.92 Å². The Morgan fingerprint density at radius 3 is 2.61 bits per heavy atom. The Bertz CT molecular complexity index is 855. The summed E-state index contributed by atoms with van der Waals surface area (Å²) in [7, 11) is 0. The standard InChI is InChI=1S/C22H25N3O3/c26-19-13-15-7-4-5-11-18(15)20(19)24-21(27)16-8-6-12-25(14-16)22(28)23-17-9-2-1-3-10-17/h1-5,7,9-11,16,19-20,26H,6,8,12-14H2,(H,23,28)(H,24,27)/t16?,19-,20+/m1/s1. The molecule has 1 fully saturated rings. The minimum Gasteiger partial charge on any atom is -0.390 e. The predicted molar refractivity (Wildman–Crippen MR) is 107 cm³/mol. The number of aliphatic hydroxyl groups excluding tert-OH is 1. The maximum atomic E-state index is 12.9. The molecule has 146 valence electrons. The van der Waals surface area contributed by atoms with Gasteiger partial charge in [-0.25, -0.2) is 4.79 Å². The van der Waals surface area contributed by atoms with Crippen molar-refractivity contribution in [1.29, 1.82) is 0 Å². The third-order valence-corrected chi connectivity index (χ3v) is 5.61. The summed E-state index contributed by atoms with van der Waals surface area (Å²) in [5.41, 5.74) is 2.80. The number of urea groups is 1. The van der Waals surface area contributed by atoms with Crippen molar-refractivity contribution >= 4 is 17.6 Å². The second-order valence-electron chi connectivity index (χ2n) is 7.54. The Labute approximate surface area is 164 Å². The summed E-state index contributed by atoms with van der Waals surface area (Å²) in [5, 5.41) is 16.3. The summed E-state index contributed by atoms with van der Waals surface area (Å²) < 4.78 is 0. The van der Waals surface area contributed by atoms with E-state index in [1.807, 2.05) is 54.6 Å². The minimum atomic E-state index is -0.609. The van der Waals surface area contributed by atoms with Gasteiger partial charge in [0.1, 0.15) is 0 Å². The smallest absolute Gasteiger partial charge is 0.321 e. The van der Waals surface area contributed by atoms with Crippen LogP contribution in [0.1, 0.15) is 30.0 Å². The number of carbonyl (C=O) groups is 2. The first-order chi connectivity index (χ1) is 13.6. The maximum Gasteiger partial charge on any atom is 0.321 e. The van der Waals surface area contributed by atoms with Gasteiger partial charge in [-0.05, 0) is 36.1 Å². The van der Waals surface area contributed by atoms with Crippen LogP contribution in [-0.4, -0.2) is 41.1 Å². The number of aliphatic hydroxyl groups is 1. The number of likely N-dealkylation sites (tertiary alicyclic amines) is 1. The lowest BCUT2D eigenvalue weighted by Crippen LogP contribution is -2.48. The SMILES string of the molecule is O=C(N[C@H]1c2ccccc2C[C@H]1O)C1CCCN(C(=O)Nc2ccccc2)C1. The molecule has 3 atom stereocenters. The van der Waals surface area contributed by atoms with E-state index >= 15 is 0 Å². The topological polar surface area (TPSA) is 81.7 Å². The van der Waals surface area contributed by atoms with Crippen LogP contribution in [0.4, 0.5) is 10.5 Å². The van der Waals surface area contributed by atoms with E-state index in [1.54, 1.807) is 4.90 Å². The molecule has 0 aromatic heterocycles. The zero-order valence-electron chi connectivity index (χ0n) is 15.7. The summed E-state index contributed by atoms with van der Waals surface area (Å²) >= 11 is 0. The molecule has 0 saturated carbocycles. The van der Waals surface area contributed by atoms with Gasteiger partial charge in [-0.3, -0.25) is 4.79 Å². The Balaban J connectivity index is 1.38. The Hall–Kier alpha value is -2.86. The molecule has 2 aromatic rings. The molecule has 0 bridgehead atoms. The number of benzene rings is 2. The number of hydrogen-bond donors (Lipinski definition) is 3. The van der Waals surface area contributed by atoms with E-state index in [2.05, 4.69) is 10.6 Å². The summed E-state index contributed by atoms with van der Waals surface area (Å²) in [6.45, 7) is 1.02. The van der Waals surface area contributed by atoms with E-state index in [0.717, 1.165) is 29.7 Å². The van der Waals surface area contributed by atoms with Gasteiger partial charge >= 0.3 is 6.03 Å². The molecule has 1 saturated heterocycles. The van der Waals surface area contributed by atoms with Gasteiger partial charge < -0.3 is 20.6 Å². The zero-order chi connectivity index (χ0) is 19.5. The van der Waals surface area contributed by atoms with Crippen LogP contribution in [-0.2, 0) is 11.2 Å². The molecule has 28 heavy (non-hydrogen) atoms. The van der Waals surface area contributed by atoms with E-state index in [-0.39, 0.29) is 23.9 Å². The van der Waals surface area contributed by atoms with Crippen molar-refractivity contribution in [3.8, 4) is 0 Å². The van der Waals surface area contributed by atoms with Crippen LogP contribution in [0, 0.1) is 5.92 Å². The number of hydrogen-bond acceptors (Lipinski definition) is 3. The summed E-state index contributed by atoms with van der Waals surface area (Å²) in [5.74, 6) is -0.367. The normalized spacial score (nSPS) is 23.8. The molecular formula is C22H25N3O3. The summed E-state index contributed by atoms with van der Waals surface area (Å²) in [6, 6.07) is 16.6. The van der Waals surface area contributed by atoms with Crippen molar-refractivity contribution < 1.29 is 14.7 Å². The number of nitrogens with zero attached hydrogens (tertiary/aromatic N) is 1. The van der Waals surface area contributed by atoms with Gasteiger partial charge in [0.2, 0.25) is 5.91 Å². The number of rotatable bonds is 3. The van der Waals surface area contributed by atoms with Crippen LogP contribution >= 0.6 is 0 Å². The fraction of sp³-hybridized carbons (Fsp3) is 0.364. The minimum absolute atomic E-state index is 0.0991. The number of amides is 3. The number of fused-ring (bicyclic) bond motifs is 1. The number of para-hydroxylation sites is 1. The van der Waals surface area contributed by atoms with Crippen molar-refractivity contribution in [2.75, 3.05) is 18.4 Å². The Morgan fingerprint density at radius 1 is 1.04 bits per heavy atom. The second kappa shape index (κ2) is 8.02. The quantitative estimate of drug-likeness (QED) is 0.767. The molecule has 2 aromatic carbocycles.